The summed E-state index contributed by atoms with van der Waals surface area (Å²) in [5, 5.41) is 13.7. The minimum absolute atomic E-state index is 0. The lowest BCUT2D eigenvalue weighted by molar-refractivity contribution is -0.155. The molecule has 0 saturated carbocycles. The first kappa shape index (κ1) is 90.4. The number of esters is 3. The third-order valence-electron chi connectivity index (χ3n) is 16.3. The molecule has 0 unspecified atom stereocenters. The van der Waals surface area contributed by atoms with Crippen molar-refractivity contribution in [2.24, 2.45) is 5.73 Å². The number of hydrogen-bond acceptors (Lipinski definition) is 16. The minimum Gasteiger partial charge on any atom is -0.459 e. The molecular weight excluding hydrogens is 1580 g/mol. The summed E-state index contributed by atoms with van der Waals surface area (Å²) in [6.45, 7) is 27.9. The number of benzene rings is 2. The van der Waals surface area contributed by atoms with Crippen LogP contribution in [0.1, 0.15) is 166 Å². The van der Waals surface area contributed by atoms with E-state index in [0.717, 1.165) is 91.4 Å². The number of nitrogens with two attached hydrogens (primary N) is 1. The fraction of sp³-hybridized carbons (Fsp3) is 0.346. The number of ketones is 1. The number of nitrogens with zero attached hydrogens (tertiary/aromatic N) is 6. The molecule has 0 atom stereocenters. The van der Waals surface area contributed by atoms with Crippen LogP contribution in [-0.4, -0.2) is 123 Å². The minimum atomic E-state index is -1.13. The van der Waals surface area contributed by atoms with E-state index in [2.05, 4.69) is 99.6 Å². The topological polar surface area (TPSA) is 310 Å². The van der Waals surface area contributed by atoms with Crippen molar-refractivity contribution in [3.63, 3.8) is 0 Å². The van der Waals surface area contributed by atoms with Gasteiger partial charge in [0.2, 0.25) is 0 Å². The van der Waals surface area contributed by atoms with Crippen molar-refractivity contribution in [3.05, 3.63) is 198 Å². The number of rotatable bonds is 12. The zero-order valence-corrected chi connectivity index (χ0v) is 66.0. The number of aromatic nitrogens is 8. The lowest BCUT2D eigenvalue weighted by Gasteiger charge is -2.29. The summed E-state index contributed by atoms with van der Waals surface area (Å²) < 4.78 is 67.2. The molecule has 0 radical (unpaired) electrons. The Morgan fingerprint density at radius 3 is 1.46 bits per heavy atom. The van der Waals surface area contributed by atoms with Crippen LogP contribution in [0.5, 0.6) is 0 Å². The molecule has 2 aliphatic rings. The monoisotopic (exact) mass is 1660 g/mol. The number of halogens is 10. The number of pyridine rings is 4. The van der Waals surface area contributed by atoms with Gasteiger partial charge in [-0.2, -0.15) is 5.26 Å². The number of ether oxygens (including phenoxy) is 3. The number of amides is 1. The highest BCUT2D eigenvalue weighted by atomic mass is 79.9. The predicted molar refractivity (Wildman–Crippen MR) is 425 cm³/mol. The van der Waals surface area contributed by atoms with E-state index in [1.165, 1.54) is 23.4 Å². The van der Waals surface area contributed by atoms with Gasteiger partial charge in [0.15, 0.2) is 23.3 Å². The summed E-state index contributed by atoms with van der Waals surface area (Å²) in [7, 11) is 0. The summed E-state index contributed by atoms with van der Waals surface area (Å²) in [5.74, 6) is -7.14. The molecule has 12 rings (SSSR count). The molecule has 0 aliphatic carbocycles. The van der Waals surface area contributed by atoms with Crippen LogP contribution in [0, 0.1) is 34.6 Å². The Morgan fingerprint density at radius 2 is 1.02 bits per heavy atom. The van der Waals surface area contributed by atoms with E-state index in [9.17, 15) is 46.3 Å². The lowest BCUT2D eigenvalue weighted by atomic mass is 9.83. The van der Waals surface area contributed by atoms with Gasteiger partial charge in [-0.1, -0.05) is 119 Å². The summed E-state index contributed by atoms with van der Waals surface area (Å²) in [6, 6.07) is 15.1. The number of Topliss-reactive ketones (excluding diaryl/α,β-unsaturated/α-hetero) is 1. The third-order valence-corrected chi connectivity index (χ3v) is 17.8. The van der Waals surface area contributed by atoms with Crippen LogP contribution in [0.25, 0.3) is 55.3 Å². The quantitative estimate of drug-likeness (QED) is 0.0165. The highest BCUT2D eigenvalue weighted by molar-refractivity contribution is 9.09. The maximum Gasteiger partial charge on any atom is 0.375 e. The van der Waals surface area contributed by atoms with E-state index >= 15 is 0 Å². The Balaban J connectivity index is 0.000000246. The molecule has 0 bridgehead atoms. The van der Waals surface area contributed by atoms with Crippen molar-refractivity contribution in [1.29, 1.82) is 5.26 Å². The van der Waals surface area contributed by atoms with E-state index in [1.807, 2.05) is 66.1 Å². The summed E-state index contributed by atoms with van der Waals surface area (Å²) in [5.41, 5.74) is 16.2. The van der Waals surface area contributed by atoms with E-state index in [1.54, 1.807) is 64.6 Å². The molecular formula is C78H86BrCl5F4N12O9. The molecule has 2 aromatic carbocycles. The molecule has 1 amide bonds. The molecule has 582 valence electrons. The molecule has 0 spiro atoms. The second-order valence-corrected chi connectivity index (χ2v) is 30.5. The van der Waals surface area contributed by atoms with Gasteiger partial charge in [-0.15, -0.1) is 0 Å². The fourth-order valence-corrected chi connectivity index (χ4v) is 12.0. The number of H-pyrrole nitrogens is 4. The van der Waals surface area contributed by atoms with Gasteiger partial charge in [0.1, 0.15) is 0 Å². The first-order valence-electron chi connectivity index (χ1n) is 33.1. The lowest BCUT2D eigenvalue weighted by Crippen LogP contribution is -2.37. The van der Waals surface area contributed by atoms with Crippen molar-refractivity contribution in [2.75, 3.05) is 25.0 Å². The summed E-state index contributed by atoms with van der Waals surface area (Å²) >= 11 is 31.7. The van der Waals surface area contributed by atoms with E-state index in [-0.39, 0.29) is 72.4 Å². The van der Waals surface area contributed by atoms with Crippen molar-refractivity contribution in [1.82, 2.24) is 50.1 Å². The highest BCUT2D eigenvalue weighted by Crippen LogP contribution is 2.42. The number of nitrogens with one attached hydrogen (secondary N) is 5. The van der Waals surface area contributed by atoms with E-state index in [0.29, 0.717) is 55.5 Å². The van der Waals surface area contributed by atoms with Gasteiger partial charge in [-0.25, -0.2) is 31.9 Å². The van der Waals surface area contributed by atoms with Crippen LogP contribution in [0.15, 0.2) is 110 Å². The van der Waals surface area contributed by atoms with Crippen molar-refractivity contribution < 1.29 is 60.5 Å². The molecule has 10 aromatic rings. The molecule has 31 heteroatoms. The van der Waals surface area contributed by atoms with Gasteiger partial charge in [-0.3, -0.25) is 34.3 Å². The third kappa shape index (κ3) is 22.5. The van der Waals surface area contributed by atoms with E-state index < -0.39 is 69.1 Å². The van der Waals surface area contributed by atoms with Crippen molar-refractivity contribution in [3.8, 4) is 6.07 Å². The number of carbonyl (C=O) groups is 6. The maximum atomic E-state index is 13.8. The van der Waals surface area contributed by atoms with Gasteiger partial charge in [-0.05, 0) is 128 Å². The second-order valence-electron chi connectivity index (χ2n) is 27.8. The average molecular weight is 1670 g/mol. The van der Waals surface area contributed by atoms with Gasteiger partial charge in [0.05, 0.1) is 122 Å². The largest absolute Gasteiger partial charge is 0.459 e. The molecule has 109 heavy (non-hydrogen) atoms. The number of nitriles is 1. The number of hydrogen-bond donors (Lipinski definition) is 6. The molecule has 21 nitrogen and oxygen atoms in total. The Labute approximate surface area is 662 Å². The molecule has 10 heterocycles. The Bertz CT molecular complexity index is 5120. The molecule has 0 saturated heterocycles. The number of carbonyl (C=O) groups excluding carboxylic acids is 6. The van der Waals surface area contributed by atoms with Crippen molar-refractivity contribution >= 4 is 164 Å². The zero-order chi connectivity index (χ0) is 79.5. The van der Waals surface area contributed by atoms with Crippen LogP contribution < -0.4 is 11.1 Å². The number of alkyl halides is 1. The highest BCUT2D eigenvalue weighted by Gasteiger charge is 2.39. The molecule has 8 aromatic heterocycles. The van der Waals surface area contributed by atoms with Crippen LogP contribution in [0.4, 0.5) is 17.6 Å². The Hall–Kier alpha value is -9.20. The van der Waals surface area contributed by atoms with Crippen molar-refractivity contribution in [2.45, 2.75) is 152 Å². The standard InChI is InChI=1S/C24H22ClF2N3O3.C17H20ClN3O2.C11H14ClN3.C11H10ClN3.C7H3ClF2O.C6H9BrO3.2CH4/c1-12(2)33-23(32)15-10-30(22(31)13-5-6-16(26)17(27)7-13)11-24(3,4)19-20(15)29-18-8-14(25)9-28-21(18)19;1-9(2)23-16(22)11-7-19-8-17(3,4)13-14(11)21-12-5-10(18)6-20-15(12)13;2*1-11(2,6-13)8-5-14-9-3-7(12)4-15-10(8)9;8-7(11)4-1-2-5(9)6(10)3-4;1-4(2)10-6(9)5(8)3-7;;/h5-10,12,29H,11H2,1-4H3;5-7,9,19,21H,8H2,1-4H3;3-5,14H,6,13H2,1-2H3;3-5,14H,1-2H3;1-3H;4H,3H2,1-2H3;2*1H4. The van der Waals surface area contributed by atoms with Gasteiger partial charge in [0, 0.05) is 119 Å². The smallest absolute Gasteiger partial charge is 0.375 e. The molecule has 7 N–H and O–H groups in total. The first-order chi connectivity index (χ1) is 50.0. The summed E-state index contributed by atoms with van der Waals surface area (Å²) in [6.07, 6.45) is 12.5. The number of fused-ring (bicyclic) bond motifs is 8. The van der Waals surface area contributed by atoms with Crippen LogP contribution in [-0.2, 0) is 55.0 Å². The molecule has 2 aliphatic heterocycles. The average Bonchev–Trinajstić information content (AvgIpc) is 1.59. The fourth-order valence-electron chi connectivity index (χ4n) is 11.0. The van der Waals surface area contributed by atoms with Crippen LogP contribution in [0.3, 0.4) is 0 Å². The Morgan fingerprint density at radius 1 is 0.606 bits per heavy atom. The van der Waals surface area contributed by atoms with Gasteiger partial charge < -0.3 is 50.1 Å². The van der Waals surface area contributed by atoms with E-state index in [4.69, 9.17) is 78.5 Å². The zero-order valence-electron chi connectivity index (χ0n) is 60.7. The normalized spacial score (nSPS) is 13.3. The first-order valence-corrected chi connectivity index (χ1v) is 36.1. The van der Waals surface area contributed by atoms with Crippen LogP contribution >= 0.6 is 73.9 Å². The summed E-state index contributed by atoms with van der Waals surface area (Å²) in [4.78, 5) is 102. The molecule has 0 fully saturated rings. The van der Waals surface area contributed by atoms with Gasteiger partial charge in [0.25, 0.3) is 16.9 Å². The second kappa shape index (κ2) is 38.0. The van der Waals surface area contributed by atoms with Crippen LogP contribution in [0.2, 0.25) is 20.1 Å². The maximum absolute atomic E-state index is 13.8. The van der Waals surface area contributed by atoms with Gasteiger partial charge >= 0.3 is 17.9 Å². The number of aromatic amines is 4. The Kier molecular flexibility index (Phi) is 31.5. The predicted octanol–water partition coefficient (Wildman–Crippen LogP) is 18.6. The SMILES string of the molecule is C.C.CC(C)(C#N)c1c[nH]c2cc(Cl)cnc12.CC(C)(CN)c1c[nH]c2cc(Cl)cnc12.CC(C)OC(=O)C(=O)CBr.CC(C)OC(=O)C1=CN(C(=O)c2ccc(F)c(F)c2)CC(C)(C)c2c1[nH]c1cc(Cl)cnc21.CC(C)OC(=O)C1=CNCC(C)(C)c2c1[nH]c1cc(Cl)cnc21.O=C(Cl)c1ccc(F)c(F)c1.